The molecular weight excluding hydrogens is 302 g/mol. The van der Waals surface area contributed by atoms with Crippen molar-refractivity contribution in [1.82, 2.24) is 4.90 Å². The van der Waals surface area contributed by atoms with Crippen LogP contribution < -0.4 is 0 Å². The first-order chi connectivity index (χ1) is 11.0. The number of ether oxygens (including phenoxy) is 1. The fourth-order valence-electron chi connectivity index (χ4n) is 3.06. The standard InChI is InChI=1S/C20H31NO3/c1-14(2)19(15(3)22)21(7)13-17-10-8-9-16(11-17)12-18(23)24-20(4,5)6/h8-11,14,19H,12-13H2,1-7H3/t19-/m0/s1. The summed E-state index contributed by atoms with van der Waals surface area (Å²) < 4.78 is 5.37. The van der Waals surface area contributed by atoms with Crippen LogP contribution in [0.4, 0.5) is 0 Å². The SMILES string of the molecule is CC(=O)[C@H](C(C)C)N(C)Cc1cccc(CC(=O)OC(C)(C)C)c1. The third-order valence-electron chi connectivity index (χ3n) is 3.71. The molecule has 0 spiro atoms. The lowest BCUT2D eigenvalue weighted by atomic mass is 9.98. The molecule has 134 valence electrons. The van der Waals surface area contributed by atoms with E-state index in [1.54, 1.807) is 6.92 Å². The van der Waals surface area contributed by atoms with Gasteiger partial charge in [0.25, 0.3) is 0 Å². The van der Waals surface area contributed by atoms with E-state index in [1.165, 1.54) is 0 Å². The maximum atomic E-state index is 12.0. The van der Waals surface area contributed by atoms with Gasteiger partial charge in [-0.1, -0.05) is 38.1 Å². The fourth-order valence-corrected chi connectivity index (χ4v) is 3.06. The third kappa shape index (κ3) is 6.83. The van der Waals surface area contributed by atoms with Crippen molar-refractivity contribution in [2.75, 3.05) is 7.05 Å². The fraction of sp³-hybridized carbons (Fsp3) is 0.600. The van der Waals surface area contributed by atoms with Crippen LogP contribution in [0, 0.1) is 5.92 Å². The van der Waals surface area contributed by atoms with Crippen LogP contribution in [-0.2, 0) is 27.3 Å². The predicted octanol–water partition coefficient (Wildman–Crippen LogP) is 3.62. The van der Waals surface area contributed by atoms with E-state index in [9.17, 15) is 9.59 Å². The maximum absolute atomic E-state index is 12.0. The van der Waals surface area contributed by atoms with Crippen LogP contribution in [0.5, 0.6) is 0 Å². The number of nitrogens with zero attached hydrogens (tertiary/aromatic N) is 1. The summed E-state index contributed by atoms with van der Waals surface area (Å²) in [7, 11) is 1.96. The molecule has 0 amide bonds. The summed E-state index contributed by atoms with van der Waals surface area (Å²) in [4.78, 5) is 25.9. The Hall–Kier alpha value is -1.68. The Labute approximate surface area is 146 Å². The number of benzene rings is 1. The first kappa shape index (κ1) is 20.4. The van der Waals surface area contributed by atoms with Gasteiger partial charge in [-0.3, -0.25) is 14.5 Å². The van der Waals surface area contributed by atoms with E-state index in [-0.39, 0.29) is 30.1 Å². The van der Waals surface area contributed by atoms with Crippen molar-refractivity contribution in [1.29, 1.82) is 0 Å². The number of Topliss-reactive ketones (excluding diaryl/α,β-unsaturated/α-hetero) is 1. The molecule has 1 rings (SSSR count). The zero-order valence-electron chi connectivity index (χ0n) is 16.1. The first-order valence-electron chi connectivity index (χ1n) is 8.50. The van der Waals surface area contributed by atoms with Crippen LogP contribution >= 0.6 is 0 Å². The Morgan fingerprint density at radius 3 is 2.25 bits per heavy atom. The van der Waals surface area contributed by atoms with Crippen molar-refractivity contribution in [3.63, 3.8) is 0 Å². The van der Waals surface area contributed by atoms with E-state index in [1.807, 2.05) is 52.1 Å². The molecule has 0 saturated heterocycles. The van der Waals surface area contributed by atoms with Gasteiger partial charge in [-0.25, -0.2) is 0 Å². The van der Waals surface area contributed by atoms with Gasteiger partial charge < -0.3 is 4.74 Å². The lowest BCUT2D eigenvalue weighted by Crippen LogP contribution is -2.40. The Morgan fingerprint density at radius 1 is 1.17 bits per heavy atom. The smallest absolute Gasteiger partial charge is 0.310 e. The number of carbonyl (C=O) groups excluding carboxylic acids is 2. The van der Waals surface area contributed by atoms with Crippen molar-refractivity contribution in [2.45, 2.75) is 66.2 Å². The van der Waals surface area contributed by atoms with Crippen LogP contribution in [-0.4, -0.2) is 35.3 Å². The molecule has 0 radical (unpaired) electrons. The van der Waals surface area contributed by atoms with E-state index >= 15 is 0 Å². The number of hydrogen-bond acceptors (Lipinski definition) is 4. The van der Waals surface area contributed by atoms with Gasteiger partial charge in [0.1, 0.15) is 11.4 Å². The molecule has 0 aliphatic rings. The van der Waals surface area contributed by atoms with Gasteiger partial charge in [-0.05, 0) is 51.8 Å². The second-order valence-electron chi connectivity index (χ2n) is 7.80. The second kappa shape index (κ2) is 8.43. The molecule has 4 heteroatoms. The number of likely N-dealkylation sites (N-methyl/N-ethyl adjacent to an activating group) is 1. The van der Waals surface area contributed by atoms with Crippen molar-refractivity contribution < 1.29 is 14.3 Å². The molecule has 0 fully saturated rings. The quantitative estimate of drug-likeness (QED) is 0.715. The van der Waals surface area contributed by atoms with Crippen molar-refractivity contribution >= 4 is 11.8 Å². The molecule has 0 heterocycles. The summed E-state index contributed by atoms with van der Waals surface area (Å²) in [6.07, 6.45) is 0.259. The minimum absolute atomic E-state index is 0.0977. The zero-order valence-corrected chi connectivity index (χ0v) is 16.1. The van der Waals surface area contributed by atoms with Gasteiger partial charge in [0.15, 0.2) is 0 Å². The van der Waals surface area contributed by atoms with Crippen LogP contribution in [0.3, 0.4) is 0 Å². The predicted molar refractivity (Wildman–Crippen MR) is 96.8 cm³/mol. The average molecular weight is 333 g/mol. The van der Waals surface area contributed by atoms with E-state index in [0.29, 0.717) is 6.54 Å². The number of hydrogen-bond donors (Lipinski definition) is 0. The summed E-state index contributed by atoms with van der Waals surface area (Å²) in [6, 6.07) is 7.81. The van der Waals surface area contributed by atoms with Gasteiger partial charge in [-0.2, -0.15) is 0 Å². The van der Waals surface area contributed by atoms with E-state index in [2.05, 4.69) is 18.7 Å². The van der Waals surface area contributed by atoms with Gasteiger partial charge in [-0.15, -0.1) is 0 Å². The summed E-state index contributed by atoms with van der Waals surface area (Å²) in [6.45, 7) is 12.0. The molecule has 0 saturated carbocycles. The molecule has 1 aromatic rings. The van der Waals surface area contributed by atoms with Gasteiger partial charge in [0.2, 0.25) is 0 Å². The van der Waals surface area contributed by atoms with E-state index < -0.39 is 5.60 Å². The average Bonchev–Trinajstić information content (AvgIpc) is 2.35. The number of carbonyl (C=O) groups is 2. The summed E-state index contributed by atoms with van der Waals surface area (Å²) in [5, 5.41) is 0. The Bertz CT molecular complexity index is 572. The lowest BCUT2D eigenvalue weighted by Gasteiger charge is -2.29. The zero-order chi connectivity index (χ0) is 18.5. The molecule has 0 bridgehead atoms. The van der Waals surface area contributed by atoms with E-state index in [4.69, 9.17) is 4.74 Å². The minimum Gasteiger partial charge on any atom is -0.460 e. The Kier molecular flexibility index (Phi) is 7.15. The van der Waals surface area contributed by atoms with Crippen LogP contribution in [0.15, 0.2) is 24.3 Å². The molecule has 24 heavy (non-hydrogen) atoms. The van der Waals surface area contributed by atoms with Crippen molar-refractivity contribution in [3.8, 4) is 0 Å². The van der Waals surface area contributed by atoms with E-state index in [0.717, 1.165) is 11.1 Å². The Balaban J connectivity index is 2.78. The van der Waals surface area contributed by atoms with Crippen LogP contribution in [0.1, 0.15) is 52.7 Å². The third-order valence-corrected chi connectivity index (χ3v) is 3.71. The van der Waals surface area contributed by atoms with Gasteiger partial charge in [0.05, 0.1) is 12.5 Å². The summed E-state index contributed by atoms with van der Waals surface area (Å²) >= 11 is 0. The van der Waals surface area contributed by atoms with Crippen LogP contribution in [0.25, 0.3) is 0 Å². The second-order valence-corrected chi connectivity index (χ2v) is 7.80. The van der Waals surface area contributed by atoms with Crippen molar-refractivity contribution in [3.05, 3.63) is 35.4 Å². The molecule has 4 nitrogen and oxygen atoms in total. The molecule has 0 N–H and O–H groups in total. The van der Waals surface area contributed by atoms with Crippen molar-refractivity contribution in [2.24, 2.45) is 5.92 Å². The molecule has 0 unspecified atom stereocenters. The summed E-state index contributed by atoms with van der Waals surface area (Å²) in [5.74, 6) is 0.214. The number of ketones is 1. The highest BCUT2D eigenvalue weighted by atomic mass is 16.6. The largest absolute Gasteiger partial charge is 0.460 e. The monoisotopic (exact) mass is 333 g/mol. The Morgan fingerprint density at radius 2 is 1.75 bits per heavy atom. The normalized spacial score (nSPS) is 13.2. The molecule has 0 aliphatic heterocycles. The maximum Gasteiger partial charge on any atom is 0.310 e. The minimum atomic E-state index is -0.471. The molecule has 0 aliphatic carbocycles. The van der Waals surface area contributed by atoms with Gasteiger partial charge >= 0.3 is 5.97 Å². The highest BCUT2D eigenvalue weighted by Crippen LogP contribution is 2.16. The molecule has 0 aromatic heterocycles. The molecule has 1 aromatic carbocycles. The highest BCUT2D eigenvalue weighted by molar-refractivity contribution is 5.81. The molecular formula is C20H31NO3. The number of rotatable bonds is 7. The first-order valence-corrected chi connectivity index (χ1v) is 8.50. The van der Waals surface area contributed by atoms with Crippen LogP contribution in [0.2, 0.25) is 0 Å². The highest BCUT2D eigenvalue weighted by Gasteiger charge is 2.23. The number of esters is 1. The van der Waals surface area contributed by atoms with Gasteiger partial charge in [0, 0.05) is 6.54 Å². The topological polar surface area (TPSA) is 46.6 Å². The lowest BCUT2D eigenvalue weighted by molar-refractivity contribution is -0.153. The summed E-state index contributed by atoms with van der Waals surface area (Å²) in [5.41, 5.74) is 1.55. The molecule has 1 atom stereocenters.